The largest absolute Gasteiger partial charge is 0.447 e. The van der Waals surface area contributed by atoms with Gasteiger partial charge >= 0.3 is 5.97 Å². The van der Waals surface area contributed by atoms with E-state index in [0.29, 0.717) is 42.5 Å². The van der Waals surface area contributed by atoms with Crippen LogP contribution in [0.5, 0.6) is 0 Å². The number of nitrogens with zero attached hydrogens (tertiary/aromatic N) is 1. The first kappa shape index (κ1) is 21.0. The normalized spacial score (nSPS) is 14.9. The summed E-state index contributed by atoms with van der Waals surface area (Å²) in [6, 6.07) is 15.4. The number of morpholine rings is 1. The zero-order chi connectivity index (χ0) is 20.6. The van der Waals surface area contributed by atoms with Gasteiger partial charge in [0.15, 0.2) is 5.78 Å². The van der Waals surface area contributed by atoms with E-state index in [4.69, 9.17) is 21.1 Å². The van der Waals surface area contributed by atoms with E-state index in [-0.39, 0.29) is 24.5 Å². The Hall–Kier alpha value is -2.70. The van der Waals surface area contributed by atoms with E-state index < -0.39 is 12.1 Å². The van der Waals surface area contributed by atoms with E-state index in [0.717, 1.165) is 0 Å². The Bertz CT molecular complexity index is 847. The highest BCUT2D eigenvalue weighted by Crippen LogP contribution is 2.22. The predicted octanol–water partition coefficient (Wildman–Crippen LogP) is 3.45. The number of Topliss-reactive ketones (excluding diaryl/α,β-unsaturated/α-hetero) is 1. The Morgan fingerprint density at radius 3 is 2.28 bits per heavy atom. The number of halogens is 1. The fraction of sp³-hybridized carbons (Fsp3) is 0.318. The zero-order valence-electron chi connectivity index (χ0n) is 15.9. The van der Waals surface area contributed by atoms with Gasteiger partial charge in [0.25, 0.3) is 5.91 Å². The number of carbonyl (C=O) groups is 3. The molecule has 1 saturated heterocycles. The topological polar surface area (TPSA) is 72.9 Å². The van der Waals surface area contributed by atoms with Gasteiger partial charge in [-0.1, -0.05) is 41.9 Å². The Labute approximate surface area is 174 Å². The maximum absolute atomic E-state index is 12.9. The number of amides is 1. The third kappa shape index (κ3) is 5.89. The molecule has 0 bridgehead atoms. The monoisotopic (exact) mass is 415 g/mol. The molecule has 0 spiro atoms. The molecule has 0 unspecified atom stereocenters. The molecule has 29 heavy (non-hydrogen) atoms. The molecule has 1 fully saturated rings. The van der Waals surface area contributed by atoms with Crippen LogP contribution in [-0.4, -0.2) is 48.9 Å². The molecule has 1 amide bonds. The molecule has 7 heteroatoms. The zero-order valence-corrected chi connectivity index (χ0v) is 16.6. The minimum absolute atomic E-state index is 0.00623. The Morgan fingerprint density at radius 1 is 0.966 bits per heavy atom. The van der Waals surface area contributed by atoms with Crippen molar-refractivity contribution >= 4 is 29.3 Å². The first-order valence-electron chi connectivity index (χ1n) is 9.44. The minimum atomic E-state index is -1.03. The SMILES string of the molecule is O=C(CCC(=O)c1ccc(Cl)cc1)O[C@H](C(=O)N1CCOCC1)c1ccccc1. The number of hydrogen-bond donors (Lipinski definition) is 0. The number of ketones is 1. The second kappa shape index (κ2) is 10.2. The second-order valence-electron chi connectivity index (χ2n) is 6.65. The molecule has 2 aromatic rings. The summed E-state index contributed by atoms with van der Waals surface area (Å²) >= 11 is 5.82. The van der Waals surface area contributed by atoms with Crippen LogP contribution < -0.4 is 0 Å². The summed E-state index contributed by atoms with van der Waals surface area (Å²) in [5.41, 5.74) is 1.08. The molecule has 0 radical (unpaired) electrons. The van der Waals surface area contributed by atoms with Crippen LogP contribution in [0.4, 0.5) is 0 Å². The number of benzene rings is 2. The number of ether oxygens (including phenoxy) is 2. The number of hydrogen-bond acceptors (Lipinski definition) is 5. The summed E-state index contributed by atoms with van der Waals surface area (Å²) in [6.07, 6.45) is -1.15. The van der Waals surface area contributed by atoms with Gasteiger partial charge in [0.1, 0.15) is 0 Å². The van der Waals surface area contributed by atoms with Crippen LogP contribution in [0.1, 0.15) is 34.9 Å². The van der Waals surface area contributed by atoms with Crippen molar-refractivity contribution in [2.75, 3.05) is 26.3 Å². The average Bonchev–Trinajstić information content (AvgIpc) is 2.77. The smallest absolute Gasteiger partial charge is 0.307 e. The molecule has 1 heterocycles. The van der Waals surface area contributed by atoms with Gasteiger partial charge in [-0.05, 0) is 24.3 Å². The second-order valence-corrected chi connectivity index (χ2v) is 7.08. The molecular formula is C22H22ClNO5. The summed E-state index contributed by atoms with van der Waals surface area (Å²) in [7, 11) is 0. The van der Waals surface area contributed by atoms with E-state index >= 15 is 0 Å². The van der Waals surface area contributed by atoms with Crippen LogP contribution in [0.25, 0.3) is 0 Å². The molecule has 3 rings (SSSR count). The minimum Gasteiger partial charge on any atom is -0.447 e. The summed E-state index contributed by atoms with van der Waals surface area (Å²) in [5, 5.41) is 0.535. The fourth-order valence-electron chi connectivity index (χ4n) is 3.02. The van der Waals surface area contributed by atoms with E-state index in [1.54, 1.807) is 53.4 Å². The van der Waals surface area contributed by atoms with E-state index in [2.05, 4.69) is 0 Å². The van der Waals surface area contributed by atoms with Gasteiger partial charge in [0.05, 0.1) is 19.6 Å². The van der Waals surface area contributed by atoms with Gasteiger partial charge < -0.3 is 14.4 Å². The third-order valence-electron chi connectivity index (χ3n) is 4.62. The Morgan fingerprint density at radius 2 is 1.62 bits per heavy atom. The van der Waals surface area contributed by atoms with Crippen LogP contribution in [0.15, 0.2) is 54.6 Å². The Kier molecular flexibility index (Phi) is 7.38. The van der Waals surface area contributed by atoms with Crippen molar-refractivity contribution in [3.8, 4) is 0 Å². The summed E-state index contributed by atoms with van der Waals surface area (Å²) in [5.74, 6) is -1.06. The van der Waals surface area contributed by atoms with Gasteiger partial charge in [0, 0.05) is 35.7 Å². The van der Waals surface area contributed by atoms with E-state index in [1.807, 2.05) is 6.07 Å². The Balaban J connectivity index is 1.63. The molecule has 0 aromatic heterocycles. The molecule has 0 aliphatic carbocycles. The van der Waals surface area contributed by atoms with Crippen molar-refractivity contribution in [3.05, 3.63) is 70.7 Å². The third-order valence-corrected chi connectivity index (χ3v) is 4.87. The van der Waals surface area contributed by atoms with Gasteiger partial charge in [-0.2, -0.15) is 0 Å². The van der Waals surface area contributed by atoms with Gasteiger partial charge in [-0.15, -0.1) is 0 Å². The molecular weight excluding hydrogens is 394 g/mol. The molecule has 152 valence electrons. The maximum atomic E-state index is 12.9. The van der Waals surface area contributed by atoms with Gasteiger partial charge in [-0.25, -0.2) is 0 Å². The lowest BCUT2D eigenvalue weighted by Crippen LogP contribution is -2.44. The van der Waals surface area contributed by atoms with Crippen molar-refractivity contribution in [3.63, 3.8) is 0 Å². The maximum Gasteiger partial charge on any atom is 0.307 e. The highest BCUT2D eigenvalue weighted by Gasteiger charge is 2.30. The van der Waals surface area contributed by atoms with Crippen LogP contribution in [-0.2, 0) is 19.1 Å². The fourth-order valence-corrected chi connectivity index (χ4v) is 3.15. The average molecular weight is 416 g/mol. The lowest BCUT2D eigenvalue weighted by atomic mass is 10.1. The lowest BCUT2D eigenvalue weighted by Gasteiger charge is -2.30. The van der Waals surface area contributed by atoms with Crippen LogP contribution in [0.3, 0.4) is 0 Å². The van der Waals surface area contributed by atoms with Crippen molar-refractivity contribution in [1.29, 1.82) is 0 Å². The highest BCUT2D eigenvalue weighted by molar-refractivity contribution is 6.30. The molecule has 1 atom stereocenters. The number of carbonyl (C=O) groups excluding carboxylic acids is 3. The van der Waals surface area contributed by atoms with Crippen LogP contribution in [0, 0.1) is 0 Å². The summed E-state index contributed by atoms with van der Waals surface area (Å²) in [4.78, 5) is 39.2. The first-order chi connectivity index (χ1) is 14.0. The van der Waals surface area contributed by atoms with Crippen molar-refractivity contribution < 1.29 is 23.9 Å². The van der Waals surface area contributed by atoms with Gasteiger partial charge in [-0.3, -0.25) is 14.4 Å². The standard InChI is InChI=1S/C22H22ClNO5/c23-18-8-6-16(7-9-18)19(25)10-11-20(26)29-21(17-4-2-1-3-5-17)22(27)24-12-14-28-15-13-24/h1-9,21H,10-15H2/t21-/m0/s1. The highest BCUT2D eigenvalue weighted by atomic mass is 35.5. The van der Waals surface area contributed by atoms with Gasteiger partial charge in [0.2, 0.25) is 6.10 Å². The van der Waals surface area contributed by atoms with Crippen molar-refractivity contribution in [2.24, 2.45) is 0 Å². The quantitative estimate of drug-likeness (QED) is 0.511. The van der Waals surface area contributed by atoms with Crippen molar-refractivity contribution in [1.82, 2.24) is 4.90 Å². The lowest BCUT2D eigenvalue weighted by molar-refractivity contribution is -0.162. The predicted molar refractivity (Wildman–Crippen MR) is 108 cm³/mol. The molecule has 6 nitrogen and oxygen atoms in total. The molecule has 1 aliphatic rings. The summed E-state index contributed by atoms with van der Waals surface area (Å²) < 4.78 is 10.8. The van der Waals surface area contributed by atoms with E-state index in [1.165, 1.54) is 0 Å². The molecule has 0 N–H and O–H groups in total. The summed E-state index contributed by atoms with van der Waals surface area (Å²) in [6.45, 7) is 1.82. The number of rotatable bonds is 7. The van der Waals surface area contributed by atoms with Crippen molar-refractivity contribution in [2.45, 2.75) is 18.9 Å². The van der Waals surface area contributed by atoms with Crippen LogP contribution >= 0.6 is 11.6 Å². The first-order valence-corrected chi connectivity index (χ1v) is 9.82. The molecule has 2 aromatic carbocycles. The molecule has 1 aliphatic heterocycles. The van der Waals surface area contributed by atoms with Crippen LogP contribution in [0.2, 0.25) is 5.02 Å². The number of esters is 1. The van der Waals surface area contributed by atoms with E-state index in [9.17, 15) is 14.4 Å². The molecule has 0 saturated carbocycles.